The van der Waals surface area contributed by atoms with Gasteiger partial charge in [-0.05, 0) is 56.3 Å². The maximum absolute atomic E-state index is 12.4. The molecule has 0 aromatic heterocycles. The SMILES string of the molecule is CC1CC(N)CC(C(=O)NC2CCC(C)CC2C)C1. The van der Waals surface area contributed by atoms with Gasteiger partial charge in [-0.1, -0.05) is 20.8 Å². The minimum absolute atomic E-state index is 0.144. The van der Waals surface area contributed by atoms with E-state index in [9.17, 15) is 4.79 Å². The molecule has 3 heteroatoms. The Kier molecular flexibility index (Phi) is 4.88. The Hall–Kier alpha value is -0.570. The number of carbonyl (C=O) groups excluding carboxylic acids is 1. The zero-order valence-electron chi connectivity index (χ0n) is 12.7. The van der Waals surface area contributed by atoms with Crippen LogP contribution in [0.15, 0.2) is 0 Å². The summed E-state index contributed by atoms with van der Waals surface area (Å²) in [5, 5.41) is 3.31. The highest BCUT2D eigenvalue weighted by Gasteiger charge is 2.32. The van der Waals surface area contributed by atoms with E-state index in [1.54, 1.807) is 0 Å². The highest BCUT2D eigenvalue weighted by atomic mass is 16.1. The average Bonchev–Trinajstić information content (AvgIpc) is 2.31. The zero-order valence-corrected chi connectivity index (χ0v) is 12.7. The Bertz CT molecular complexity index is 308. The predicted octanol–water partition coefficient (Wildman–Crippen LogP) is 2.69. The monoisotopic (exact) mass is 266 g/mol. The predicted molar refractivity (Wildman–Crippen MR) is 78.6 cm³/mol. The summed E-state index contributed by atoms with van der Waals surface area (Å²) in [5.74, 6) is 2.41. The standard InChI is InChI=1S/C16H30N2O/c1-10-4-5-15(12(3)6-10)18-16(19)13-7-11(2)8-14(17)9-13/h10-15H,4-9,17H2,1-3H3,(H,18,19). The van der Waals surface area contributed by atoms with Crippen LogP contribution in [-0.2, 0) is 4.79 Å². The average molecular weight is 266 g/mol. The topological polar surface area (TPSA) is 55.1 Å². The molecule has 6 atom stereocenters. The minimum Gasteiger partial charge on any atom is -0.353 e. The molecule has 2 aliphatic rings. The van der Waals surface area contributed by atoms with Crippen molar-refractivity contribution in [3.05, 3.63) is 0 Å². The van der Waals surface area contributed by atoms with Crippen molar-refractivity contribution in [2.75, 3.05) is 0 Å². The number of amides is 1. The fourth-order valence-electron chi connectivity index (χ4n) is 4.05. The van der Waals surface area contributed by atoms with Gasteiger partial charge >= 0.3 is 0 Å². The van der Waals surface area contributed by atoms with Crippen LogP contribution in [0.25, 0.3) is 0 Å². The molecule has 2 rings (SSSR count). The van der Waals surface area contributed by atoms with E-state index in [1.807, 2.05) is 0 Å². The number of nitrogens with one attached hydrogen (secondary N) is 1. The highest BCUT2D eigenvalue weighted by Crippen LogP contribution is 2.31. The fourth-order valence-corrected chi connectivity index (χ4v) is 4.05. The third kappa shape index (κ3) is 3.95. The maximum atomic E-state index is 12.4. The van der Waals surface area contributed by atoms with Crippen molar-refractivity contribution in [2.24, 2.45) is 29.4 Å². The summed E-state index contributed by atoms with van der Waals surface area (Å²) in [6, 6.07) is 0.598. The van der Waals surface area contributed by atoms with E-state index in [1.165, 1.54) is 12.8 Å². The van der Waals surface area contributed by atoms with Crippen LogP contribution in [0.3, 0.4) is 0 Å². The van der Waals surface area contributed by atoms with E-state index in [0.717, 1.165) is 31.6 Å². The van der Waals surface area contributed by atoms with Crippen LogP contribution in [0.1, 0.15) is 59.3 Å². The van der Waals surface area contributed by atoms with Crippen molar-refractivity contribution in [3.8, 4) is 0 Å². The van der Waals surface area contributed by atoms with E-state index < -0.39 is 0 Å². The lowest BCUT2D eigenvalue weighted by molar-refractivity contribution is -0.128. The molecular formula is C16H30N2O. The van der Waals surface area contributed by atoms with Crippen LogP contribution in [0.5, 0.6) is 0 Å². The highest BCUT2D eigenvalue weighted by molar-refractivity contribution is 5.79. The number of carbonyl (C=O) groups is 1. The molecule has 3 nitrogen and oxygen atoms in total. The molecule has 0 heterocycles. The Balaban J connectivity index is 1.86. The van der Waals surface area contributed by atoms with Gasteiger partial charge in [0, 0.05) is 18.0 Å². The molecule has 0 bridgehead atoms. The third-order valence-electron chi connectivity index (χ3n) is 5.11. The van der Waals surface area contributed by atoms with Gasteiger partial charge < -0.3 is 11.1 Å². The minimum atomic E-state index is 0.144. The first-order valence-electron chi connectivity index (χ1n) is 8.01. The molecule has 6 unspecified atom stereocenters. The zero-order chi connectivity index (χ0) is 14.0. The number of nitrogens with two attached hydrogens (primary N) is 1. The van der Waals surface area contributed by atoms with Gasteiger partial charge in [-0.2, -0.15) is 0 Å². The first-order chi connectivity index (χ1) is 8.95. The third-order valence-corrected chi connectivity index (χ3v) is 5.11. The molecule has 1 amide bonds. The molecular weight excluding hydrogens is 236 g/mol. The van der Waals surface area contributed by atoms with E-state index in [-0.39, 0.29) is 17.9 Å². The first-order valence-corrected chi connectivity index (χ1v) is 8.01. The Morgan fingerprint density at radius 3 is 2.37 bits per heavy atom. The molecule has 0 saturated heterocycles. The fraction of sp³-hybridized carbons (Fsp3) is 0.938. The number of hydrogen-bond donors (Lipinski definition) is 2. The van der Waals surface area contributed by atoms with Crippen molar-refractivity contribution >= 4 is 5.91 Å². The van der Waals surface area contributed by atoms with E-state index in [2.05, 4.69) is 26.1 Å². The van der Waals surface area contributed by atoms with Crippen molar-refractivity contribution in [1.29, 1.82) is 0 Å². The lowest BCUT2D eigenvalue weighted by Gasteiger charge is -2.36. The number of hydrogen-bond acceptors (Lipinski definition) is 2. The normalized spacial score (nSPS) is 43.8. The Morgan fingerprint density at radius 2 is 1.74 bits per heavy atom. The van der Waals surface area contributed by atoms with E-state index >= 15 is 0 Å². The van der Waals surface area contributed by atoms with Gasteiger partial charge in [-0.25, -0.2) is 0 Å². The van der Waals surface area contributed by atoms with Crippen molar-refractivity contribution in [1.82, 2.24) is 5.32 Å². The second kappa shape index (κ2) is 6.25. The summed E-state index contributed by atoms with van der Waals surface area (Å²) in [4.78, 5) is 12.4. The first kappa shape index (κ1) is 14.8. The largest absolute Gasteiger partial charge is 0.353 e. The lowest BCUT2D eigenvalue weighted by atomic mass is 9.77. The van der Waals surface area contributed by atoms with Gasteiger partial charge in [0.2, 0.25) is 5.91 Å². The summed E-state index contributed by atoms with van der Waals surface area (Å²) in [5.41, 5.74) is 6.05. The van der Waals surface area contributed by atoms with Crippen LogP contribution in [0.2, 0.25) is 0 Å². The molecule has 0 aromatic carbocycles. The van der Waals surface area contributed by atoms with E-state index in [4.69, 9.17) is 5.73 Å². The second-order valence-electron chi connectivity index (χ2n) is 7.28. The molecule has 0 aliphatic heterocycles. The molecule has 0 spiro atoms. The van der Waals surface area contributed by atoms with Crippen LogP contribution >= 0.6 is 0 Å². The molecule has 110 valence electrons. The van der Waals surface area contributed by atoms with Crippen LogP contribution in [0, 0.1) is 23.7 Å². The molecule has 2 fully saturated rings. The summed E-state index contributed by atoms with van der Waals surface area (Å²) in [6.45, 7) is 6.80. The molecule has 0 radical (unpaired) electrons. The smallest absolute Gasteiger partial charge is 0.223 e. The van der Waals surface area contributed by atoms with Crippen LogP contribution in [-0.4, -0.2) is 18.0 Å². The second-order valence-corrected chi connectivity index (χ2v) is 7.28. The van der Waals surface area contributed by atoms with Gasteiger partial charge in [-0.3, -0.25) is 4.79 Å². The van der Waals surface area contributed by atoms with Gasteiger partial charge in [-0.15, -0.1) is 0 Å². The summed E-state index contributed by atoms with van der Waals surface area (Å²) in [7, 11) is 0. The van der Waals surface area contributed by atoms with Gasteiger partial charge in [0.15, 0.2) is 0 Å². The number of rotatable bonds is 2. The van der Waals surface area contributed by atoms with E-state index in [0.29, 0.717) is 17.9 Å². The van der Waals surface area contributed by atoms with Crippen molar-refractivity contribution in [2.45, 2.75) is 71.4 Å². The lowest BCUT2D eigenvalue weighted by Crippen LogP contribution is -2.47. The van der Waals surface area contributed by atoms with Gasteiger partial charge in [0.25, 0.3) is 0 Å². The summed E-state index contributed by atoms with van der Waals surface area (Å²) in [6.07, 6.45) is 6.58. The Morgan fingerprint density at radius 1 is 1.00 bits per heavy atom. The van der Waals surface area contributed by atoms with Crippen LogP contribution in [0.4, 0.5) is 0 Å². The molecule has 2 saturated carbocycles. The van der Waals surface area contributed by atoms with Gasteiger partial charge in [0.1, 0.15) is 0 Å². The van der Waals surface area contributed by atoms with Crippen molar-refractivity contribution < 1.29 is 4.79 Å². The summed E-state index contributed by atoms with van der Waals surface area (Å²) >= 11 is 0. The molecule has 2 aliphatic carbocycles. The Labute approximate surface area is 117 Å². The molecule has 19 heavy (non-hydrogen) atoms. The summed E-state index contributed by atoms with van der Waals surface area (Å²) < 4.78 is 0. The molecule has 3 N–H and O–H groups in total. The maximum Gasteiger partial charge on any atom is 0.223 e. The van der Waals surface area contributed by atoms with Gasteiger partial charge in [0.05, 0.1) is 0 Å². The quantitative estimate of drug-likeness (QED) is 0.807. The molecule has 0 aromatic rings. The van der Waals surface area contributed by atoms with Crippen molar-refractivity contribution in [3.63, 3.8) is 0 Å². The van der Waals surface area contributed by atoms with Crippen LogP contribution < -0.4 is 11.1 Å².